The van der Waals surface area contributed by atoms with Crippen molar-refractivity contribution in [3.8, 4) is 0 Å². The van der Waals surface area contributed by atoms with Crippen LogP contribution in [0.1, 0.15) is 16.8 Å². The molecule has 5 heteroatoms. The monoisotopic (exact) mass is 259 g/mol. The molecule has 1 aromatic carbocycles. The number of carbonyl (C=O) groups excluding carboxylic acids is 1. The minimum absolute atomic E-state index is 0.189. The summed E-state index contributed by atoms with van der Waals surface area (Å²) in [5.74, 6) is 0.189. The Morgan fingerprint density at radius 1 is 1.37 bits per heavy atom. The highest BCUT2D eigenvalue weighted by molar-refractivity contribution is 5.99. The zero-order chi connectivity index (χ0) is 13.1. The summed E-state index contributed by atoms with van der Waals surface area (Å²) in [6, 6.07) is 5.67. The van der Waals surface area contributed by atoms with E-state index in [4.69, 9.17) is 4.74 Å². The topological polar surface area (TPSA) is 58.2 Å². The van der Waals surface area contributed by atoms with E-state index in [0.29, 0.717) is 6.42 Å². The molecule has 2 aromatic rings. The van der Waals surface area contributed by atoms with Gasteiger partial charge >= 0.3 is 0 Å². The van der Waals surface area contributed by atoms with E-state index < -0.39 is 0 Å². The number of ether oxygens (including phenoxy) is 1. The number of nitrogens with zero attached hydrogens (tertiary/aromatic N) is 2. The number of carbonyl (C=O) groups is 1. The van der Waals surface area contributed by atoms with Gasteiger partial charge < -0.3 is 4.74 Å². The van der Waals surface area contributed by atoms with Gasteiger partial charge in [0.1, 0.15) is 0 Å². The molecule has 0 saturated carbocycles. The van der Waals surface area contributed by atoms with Gasteiger partial charge in [0.05, 0.1) is 24.9 Å². The summed E-state index contributed by atoms with van der Waals surface area (Å²) < 4.78 is 5.29. The second kappa shape index (κ2) is 5.50. The van der Waals surface area contributed by atoms with Gasteiger partial charge in [-0.25, -0.2) is 0 Å². The molecule has 100 valence electrons. The third-order valence-corrected chi connectivity index (χ3v) is 3.52. The Balaban J connectivity index is 1.62. The highest BCUT2D eigenvalue weighted by Gasteiger charge is 2.13. The van der Waals surface area contributed by atoms with Crippen molar-refractivity contribution in [2.24, 2.45) is 0 Å². The highest BCUT2D eigenvalue weighted by Crippen LogP contribution is 2.14. The number of fused-ring (bicyclic) bond motifs is 1. The fourth-order valence-electron chi connectivity index (χ4n) is 2.34. The summed E-state index contributed by atoms with van der Waals surface area (Å²) >= 11 is 0. The van der Waals surface area contributed by atoms with Crippen molar-refractivity contribution in [3.63, 3.8) is 0 Å². The van der Waals surface area contributed by atoms with Gasteiger partial charge in [-0.3, -0.25) is 14.8 Å². The van der Waals surface area contributed by atoms with Gasteiger partial charge in [0.2, 0.25) is 0 Å². The third kappa shape index (κ3) is 2.83. The molecule has 2 heterocycles. The van der Waals surface area contributed by atoms with Gasteiger partial charge in [-0.1, -0.05) is 0 Å². The van der Waals surface area contributed by atoms with E-state index in [1.54, 1.807) is 6.20 Å². The second-order valence-corrected chi connectivity index (χ2v) is 4.80. The molecule has 1 aliphatic heterocycles. The molecular formula is C14H17N3O2. The van der Waals surface area contributed by atoms with Gasteiger partial charge in [0.15, 0.2) is 5.78 Å². The maximum atomic E-state index is 12.2. The Morgan fingerprint density at radius 2 is 2.21 bits per heavy atom. The number of Topliss-reactive ketones (excluding diaryl/α,β-unsaturated/α-hetero) is 1. The van der Waals surface area contributed by atoms with E-state index in [-0.39, 0.29) is 5.78 Å². The van der Waals surface area contributed by atoms with E-state index >= 15 is 0 Å². The fourth-order valence-corrected chi connectivity index (χ4v) is 2.34. The van der Waals surface area contributed by atoms with Gasteiger partial charge in [-0.15, -0.1) is 0 Å². The van der Waals surface area contributed by atoms with Crippen molar-refractivity contribution in [3.05, 3.63) is 30.0 Å². The van der Waals surface area contributed by atoms with Gasteiger partial charge in [0.25, 0.3) is 0 Å². The lowest BCUT2D eigenvalue weighted by molar-refractivity contribution is 0.0370. The average Bonchev–Trinajstić information content (AvgIpc) is 2.93. The molecule has 3 rings (SSSR count). The molecule has 5 nitrogen and oxygen atoms in total. The predicted molar refractivity (Wildman–Crippen MR) is 72.3 cm³/mol. The molecule has 0 spiro atoms. The van der Waals surface area contributed by atoms with Crippen LogP contribution in [-0.4, -0.2) is 53.7 Å². The Bertz CT molecular complexity index is 573. The van der Waals surface area contributed by atoms with Crippen LogP contribution in [0.5, 0.6) is 0 Å². The van der Waals surface area contributed by atoms with Crippen LogP contribution in [0.15, 0.2) is 24.4 Å². The molecule has 0 atom stereocenters. The third-order valence-electron chi connectivity index (χ3n) is 3.52. The largest absolute Gasteiger partial charge is 0.379 e. The van der Waals surface area contributed by atoms with Crippen LogP contribution >= 0.6 is 0 Å². The predicted octanol–water partition coefficient (Wildman–Crippen LogP) is 1.47. The number of rotatable bonds is 4. The lowest BCUT2D eigenvalue weighted by Crippen LogP contribution is -2.37. The number of morpholine rings is 1. The number of hydrogen-bond acceptors (Lipinski definition) is 4. The van der Waals surface area contributed by atoms with Crippen LogP contribution in [0, 0.1) is 0 Å². The molecule has 1 N–H and O–H groups in total. The number of aromatic nitrogens is 2. The van der Waals surface area contributed by atoms with Gasteiger partial charge in [-0.2, -0.15) is 5.10 Å². The number of ketones is 1. The average molecular weight is 259 g/mol. The van der Waals surface area contributed by atoms with Crippen LogP contribution in [0.3, 0.4) is 0 Å². The summed E-state index contributed by atoms with van der Waals surface area (Å²) in [4.78, 5) is 14.4. The Hall–Kier alpha value is -1.72. The van der Waals surface area contributed by atoms with Crippen molar-refractivity contribution in [1.82, 2.24) is 15.1 Å². The van der Waals surface area contributed by atoms with Gasteiger partial charge in [0, 0.05) is 37.0 Å². The minimum Gasteiger partial charge on any atom is -0.379 e. The summed E-state index contributed by atoms with van der Waals surface area (Å²) in [6.45, 7) is 4.21. The molecule has 0 bridgehead atoms. The van der Waals surface area contributed by atoms with Crippen molar-refractivity contribution >= 4 is 16.7 Å². The zero-order valence-electron chi connectivity index (χ0n) is 10.8. The van der Waals surface area contributed by atoms with Crippen molar-refractivity contribution in [2.75, 3.05) is 32.8 Å². The number of aromatic amines is 1. The number of benzene rings is 1. The molecule has 19 heavy (non-hydrogen) atoms. The van der Waals surface area contributed by atoms with Crippen molar-refractivity contribution in [2.45, 2.75) is 6.42 Å². The Kier molecular flexibility index (Phi) is 3.57. The van der Waals surface area contributed by atoms with Crippen LogP contribution in [-0.2, 0) is 4.74 Å². The first kappa shape index (κ1) is 12.3. The summed E-state index contributed by atoms with van der Waals surface area (Å²) in [5, 5.41) is 7.83. The summed E-state index contributed by atoms with van der Waals surface area (Å²) in [7, 11) is 0. The second-order valence-electron chi connectivity index (χ2n) is 4.80. The van der Waals surface area contributed by atoms with Crippen LogP contribution in [0.4, 0.5) is 0 Å². The zero-order valence-corrected chi connectivity index (χ0v) is 10.8. The SMILES string of the molecule is O=C(CCN1CCOCC1)c1ccc2[nH]ncc2c1. The lowest BCUT2D eigenvalue weighted by atomic mass is 10.1. The minimum atomic E-state index is 0.189. The maximum absolute atomic E-state index is 12.2. The van der Waals surface area contributed by atoms with Gasteiger partial charge in [-0.05, 0) is 18.2 Å². The molecule has 1 aliphatic rings. The Morgan fingerprint density at radius 3 is 3.05 bits per heavy atom. The molecule has 0 radical (unpaired) electrons. The molecule has 1 fully saturated rings. The van der Waals surface area contributed by atoms with Crippen molar-refractivity contribution in [1.29, 1.82) is 0 Å². The van der Waals surface area contributed by atoms with E-state index in [1.807, 2.05) is 18.2 Å². The highest BCUT2D eigenvalue weighted by atomic mass is 16.5. The number of hydrogen-bond donors (Lipinski definition) is 1. The van der Waals surface area contributed by atoms with Crippen LogP contribution in [0.25, 0.3) is 10.9 Å². The lowest BCUT2D eigenvalue weighted by Gasteiger charge is -2.26. The molecule has 1 saturated heterocycles. The molecule has 0 amide bonds. The van der Waals surface area contributed by atoms with Crippen LogP contribution in [0.2, 0.25) is 0 Å². The van der Waals surface area contributed by atoms with Crippen LogP contribution < -0.4 is 0 Å². The number of H-pyrrole nitrogens is 1. The summed E-state index contributed by atoms with van der Waals surface area (Å²) in [5.41, 5.74) is 1.73. The first-order chi connectivity index (χ1) is 9.33. The molecule has 0 unspecified atom stereocenters. The van der Waals surface area contributed by atoms with E-state index in [0.717, 1.165) is 49.3 Å². The number of nitrogens with one attached hydrogen (secondary N) is 1. The molecular weight excluding hydrogens is 242 g/mol. The van der Waals surface area contributed by atoms with Crippen molar-refractivity contribution < 1.29 is 9.53 Å². The maximum Gasteiger partial charge on any atom is 0.164 e. The normalized spacial score (nSPS) is 16.8. The molecule has 0 aliphatic carbocycles. The first-order valence-corrected chi connectivity index (χ1v) is 6.59. The molecule has 1 aromatic heterocycles. The van der Waals surface area contributed by atoms with E-state index in [2.05, 4.69) is 15.1 Å². The quantitative estimate of drug-likeness (QED) is 0.845. The van der Waals surface area contributed by atoms with E-state index in [1.165, 1.54) is 0 Å². The summed E-state index contributed by atoms with van der Waals surface area (Å²) in [6.07, 6.45) is 2.30. The first-order valence-electron chi connectivity index (χ1n) is 6.59. The Labute approximate surface area is 111 Å². The fraction of sp³-hybridized carbons (Fsp3) is 0.429. The standard InChI is InChI=1S/C14H17N3O2/c18-14(3-4-17-5-7-19-8-6-17)11-1-2-13-12(9-11)10-15-16-13/h1-2,9-10H,3-8H2,(H,15,16). The smallest absolute Gasteiger partial charge is 0.164 e. The van der Waals surface area contributed by atoms with E-state index in [9.17, 15) is 4.79 Å².